The van der Waals surface area contributed by atoms with E-state index in [2.05, 4.69) is 32.7 Å². The maximum atomic E-state index is 11.6. The third kappa shape index (κ3) is 3.57. The lowest BCUT2D eigenvalue weighted by molar-refractivity contribution is 0.378. The quantitative estimate of drug-likeness (QED) is 0.640. The number of pyridine rings is 1. The average molecular weight is 393 g/mol. The summed E-state index contributed by atoms with van der Waals surface area (Å²) in [4.78, 5) is 16.0. The molecule has 0 unspecified atom stereocenters. The van der Waals surface area contributed by atoms with E-state index in [1.807, 2.05) is 24.3 Å². The predicted molar refractivity (Wildman–Crippen MR) is 86.1 cm³/mol. The first-order chi connectivity index (χ1) is 10.2. The molecule has 106 valence electrons. The zero-order valence-electron chi connectivity index (χ0n) is 11.1. The molecule has 0 radical (unpaired) electrons. The van der Waals surface area contributed by atoms with Gasteiger partial charge in [-0.25, -0.2) is 0 Å². The fraction of sp³-hybridized carbons (Fsp3) is 0.133. The summed E-state index contributed by atoms with van der Waals surface area (Å²) in [5, 5.41) is 3.92. The summed E-state index contributed by atoms with van der Waals surface area (Å²) in [6, 6.07) is 13.2. The lowest BCUT2D eigenvalue weighted by atomic mass is 10.1. The van der Waals surface area contributed by atoms with E-state index < -0.39 is 0 Å². The monoisotopic (exact) mass is 393 g/mol. The maximum absolute atomic E-state index is 11.6. The molecule has 0 aliphatic carbocycles. The van der Waals surface area contributed by atoms with Crippen LogP contribution in [0.4, 0.5) is 0 Å². The van der Waals surface area contributed by atoms with Crippen LogP contribution < -0.4 is 5.56 Å². The number of hydrogen-bond donors (Lipinski definition) is 0. The van der Waals surface area contributed by atoms with Gasteiger partial charge in [-0.2, -0.15) is 4.98 Å². The van der Waals surface area contributed by atoms with E-state index in [0.29, 0.717) is 24.7 Å². The van der Waals surface area contributed by atoms with E-state index in [0.717, 1.165) is 5.56 Å². The van der Waals surface area contributed by atoms with Crippen LogP contribution in [-0.4, -0.2) is 14.7 Å². The zero-order chi connectivity index (χ0) is 14.7. The van der Waals surface area contributed by atoms with Crippen LogP contribution in [0, 0.1) is 3.57 Å². The van der Waals surface area contributed by atoms with Crippen molar-refractivity contribution in [2.24, 2.45) is 0 Å². The normalized spacial score (nSPS) is 10.7. The number of aromatic nitrogens is 3. The Morgan fingerprint density at radius 2 is 1.95 bits per heavy atom. The fourth-order valence-corrected chi connectivity index (χ4v) is 2.31. The third-order valence-corrected chi connectivity index (χ3v) is 3.71. The van der Waals surface area contributed by atoms with Crippen molar-refractivity contribution in [3.8, 4) is 0 Å². The Hall–Kier alpha value is -1.96. The second-order valence-corrected chi connectivity index (χ2v) is 5.82. The maximum Gasteiger partial charge on any atom is 0.250 e. The molecule has 0 fully saturated rings. The lowest BCUT2D eigenvalue weighted by Gasteiger charge is -1.99. The summed E-state index contributed by atoms with van der Waals surface area (Å²) in [5.74, 6) is 1.05. The van der Waals surface area contributed by atoms with Crippen molar-refractivity contribution >= 4 is 22.6 Å². The van der Waals surface area contributed by atoms with Crippen LogP contribution in [0.2, 0.25) is 0 Å². The van der Waals surface area contributed by atoms with E-state index in [1.54, 1.807) is 22.9 Å². The molecule has 0 atom stereocenters. The largest absolute Gasteiger partial charge is 0.339 e. The van der Waals surface area contributed by atoms with Gasteiger partial charge in [-0.15, -0.1) is 0 Å². The van der Waals surface area contributed by atoms with E-state index in [-0.39, 0.29) is 5.56 Å². The summed E-state index contributed by atoms with van der Waals surface area (Å²) >= 11 is 2.26. The van der Waals surface area contributed by atoms with Crippen LogP contribution in [0.3, 0.4) is 0 Å². The Bertz CT molecular complexity index is 793. The molecule has 21 heavy (non-hydrogen) atoms. The van der Waals surface area contributed by atoms with E-state index >= 15 is 0 Å². The van der Waals surface area contributed by atoms with Gasteiger partial charge in [0.1, 0.15) is 0 Å². The molecule has 1 aromatic carbocycles. The van der Waals surface area contributed by atoms with Gasteiger partial charge in [0, 0.05) is 15.8 Å². The highest BCUT2D eigenvalue weighted by atomic mass is 127. The van der Waals surface area contributed by atoms with Crippen molar-refractivity contribution in [3.05, 3.63) is 79.9 Å². The number of halogens is 1. The van der Waals surface area contributed by atoms with E-state index in [4.69, 9.17) is 4.52 Å². The van der Waals surface area contributed by atoms with Crippen LogP contribution in [0.1, 0.15) is 17.3 Å². The number of nitrogens with zero attached hydrogens (tertiary/aromatic N) is 3. The molecular formula is C15H12IN3O2. The summed E-state index contributed by atoms with van der Waals surface area (Å²) in [7, 11) is 0. The van der Waals surface area contributed by atoms with Gasteiger partial charge in [-0.1, -0.05) is 23.4 Å². The van der Waals surface area contributed by atoms with Crippen LogP contribution in [0.15, 0.2) is 58.0 Å². The summed E-state index contributed by atoms with van der Waals surface area (Å²) in [6.07, 6.45) is 2.30. The Labute approximate surface area is 134 Å². The minimum absolute atomic E-state index is 0.0820. The first kappa shape index (κ1) is 14.0. The van der Waals surface area contributed by atoms with Crippen molar-refractivity contribution < 1.29 is 4.52 Å². The van der Waals surface area contributed by atoms with Crippen molar-refractivity contribution in [2.45, 2.75) is 13.0 Å². The highest BCUT2D eigenvalue weighted by Gasteiger charge is 2.08. The molecule has 6 heteroatoms. The van der Waals surface area contributed by atoms with Gasteiger partial charge >= 0.3 is 0 Å². The molecule has 2 heterocycles. The second-order valence-electron chi connectivity index (χ2n) is 4.57. The highest BCUT2D eigenvalue weighted by molar-refractivity contribution is 14.1. The molecule has 0 spiro atoms. The van der Waals surface area contributed by atoms with Gasteiger partial charge in [0.05, 0.1) is 13.0 Å². The molecule has 5 nitrogen and oxygen atoms in total. The van der Waals surface area contributed by atoms with Crippen LogP contribution in [-0.2, 0) is 13.0 Å². The topological polar surface area (TPSA) is 60.9 Å². The standard InChI is InChI=1S/C15H12IN3O2/c16-12-6-4-11(5-7-12)9-14-17-13(18-21-14)10-19-8-2-1-3-15(19)20/h1-8H,9-10H2. The Morgan fingerprint density at radius 3 is 2.71 bits per heavy atom. The van der Waals surface area contributed by atoms with E-state index in [1.165, 1.54) is 9.64 Å². The fourth-order valence-electron chi connectivity index (χ4n) is 1.95. The number of rotatable bonds is 4. The molecule has 3 aromatic rings. The molecule has 0 N–H and O–H groups in total. The van der Waals surface area contributed by atoms with Gasteiger partial charge in [0.25, 0.3) is 5.56 Å². The first-order valence-electron chi connectivity index (χ1n) is 6.42. The zero-order valence-corrected chi connectivity index (χ0v) is 13.2. The van der Waals surface area contributed by atoms with Crippen molar-refractivity contribution in [3.63, 3.8) is 0 Å². The second kappa shape index (κ2) is 6.21. The first-order valence-corrected chi connectivity index (χ1v) is 7.50. The predicted octanol–water partition coefficient (Wildman–Crippen LogP) is 2.48. The van der Waals surface area contributed by atoms with Crippen molar-refractivity contribution in [2.75, 3.05) is 0 Å². The summed E-state index contributed by atoms with van der Waals surface area (Å²) < 4.78 is 7.96. The SMILES string of the molecule is O=c1ccccn1Cc1noc(Cc2ccc(I)cc2)n1. The Balaban J connectivity index is 1.73. The Morgan fingerprint density at radius 1 is 1.14 bits per heavy atom. The van der Waals surface area contributed by atoms with Crippen LogP contribution in [0.25, 0.3) is 0 Å². The van der Waals surface area contributed by atoms with Crippen molar-refractivity contribution in [1.29, 1.82) is 0 Å². The van der Waals surface area contributed by atoms with Crippen LogP contribution in [0.5, 0.6) is 0 Å². The van der Waals surface area contributed by atoms with Crippen LogP contribution >= 0.6 is 22.6 Å². The number of hydrogen-bond acceptors (Lipinski definition) is 4. The third-order valence-electron chi connectivity index (χ3n) is 2.99. The Kier molecular flexibility index (Phi) is 4.14. The van der Waals surface area contributed by atoms with Gasteiger partial charge in [-0.05, 0) is 46.4 Å². The van der Waals surface area contributed by atoms with Crippen molar-refractivity contribution in [1.82, 2.24) is 14.7 Å². The average Bonchev–Trinajstić information content (AvgIpc) is 2.91. The molecule has 0 saturated carbocycles. The lowest BCUT2D eigenvalue weighted by Crippen LogP contribution is -2.18. The summed E-state index contributed by atoms with van der Waals surface area (Å²) in [5.41, 5.74) is 1.03. The molecule has 0 bridgehead atoms. The molecule has 3 rings (SSSR count). The van der Waals surface area contributed by atoms with Gasteiger partial charge < -0.3 is 9.09 Å². The highest BCUT2D eigenvalue weighted by Crippen LogP contribution is 2.11. The summed E-state index contributed by atoms with van der Waals surface area (Å²) in [6.45, 7) is 0.315. The molecule has 0 aliphatic rings. The number of benzene rings is 1. The molecule has 2 aromatic heterocycles. The van der Waals surface area contributed by atoms with E-state index in [9.17, 15) is 4.79 Å². The molecule has 0 amide bonds. The van der Waals surface area contributed by atoms with Gasteiger partial charge in [-0.3, -0.25) is 4.79 Å². The smallest absolute Gasteiger partial charge is 0.250 e. The molecular weight excluding hydrogens is 381 g/mol. The van der Waals surface area contributed by atoms with Gasteiger partial charge in [0.2, 0.25) is 5.89 Å². The minimum Gasteiger partial charge on any atom is -0.339 e. The minimum atomic E-state index is -0.0820. The van der Waals surface area contributed by atoms with Gasteiger partial charge in [0.15, 0.2) is 5.82 Å². The molecule has 0 aliphatic heterocycles. The molecule has 0 saturated heterocycles.